The van der Waals surface area contributed by atoms with Gasteiger partial charge in [-0.1, -0.05) is 91.0 Å². The van der Waals surface area contributed by atoms with Crippen LogP contribution in [0.2, 0.25) is 0 Å². The third-order valence-corrected chi connectivity index (χ3v) is 5.26. The summed E-state index contributed by atoms with van der Waals surface area (Å²) in [5.41, 5.74) is 6.14. The SMILES string of the molecule is O=C(Nc1ccccc1)c1cc(-c2ccc(-c3ccccc3)cc2)n(-c2ccccc2)n1. The highest BCUT2D eigenvalue weighted by atomic mass is 16.1. The minimum Gasteiger partial charge on any atom is -0.321 e. The molecule has 5 aromatic rings. The van der Waals surface area contributed by atoms with E-state index in [-0.39, 0.29) is 5.91 Å². The van der Waals surface area contributed by atoms with Crippen molar-refractivity contribution < 1.29 is 4.79 Å². The topological polar surface area (TPSA) is 46.9 Å². The van der Waals surface area contributed by atoms with Gasteiger partial charge in [-0.05, 0) is 41.5 Å². The molecule has 1 amide bonds. The fourth-order valence-corrected chi connectivity index (χ4v) is 3.64. The quantitative estimate of drug-likeness (QED) is 0.358. The molecule has 0 unspecified atom stereocenters. The van der Waals surface area contributed by atoms with Crippen molar-refractivity contribution in [3.05, 3.63) is 127 Å². The van der Waals surface area contributed by atoms with E-state index in [4.69, 9.17) is 0 Å². The molecule has 5 rings (SSSR count). The summed E-state index contributed by atoms with van der Waals surface area (Å²) in [5, 5.41) is 7.56. The van der Waals surface area contributed by atoms with Crippen molar-refractivity contribution >= 4 is 11.6 Å². The average molecular weight is 415 g/mol. The molecule has 4 heteroatoms. The summed E-state index contributed by atoms with van der Waals surface area (Å²) in [6.07, 6.45) is 0. The molecular formula is C28H21N3O. The van der Waals surface area contributed by atoms with Gasteiger partial charge in [0.1, 0.15) is 0 Å². The largest absolute Gasteiger partial charge is 0.321 e. The van der Waals surface area contributed by atoms with E-state index >= 15 is 0 Å². The molecule has 0 aliphatic carbocycles. The minimum absolute atomic E-state index is 0.243. The number of amides is 1. The molecule has 0 atom stereocenters. The first-order valence-corrected chi connectivity index (χ1v) is 10.5. The fraction of sp³-hybridized carbons (Fsp3) is 0. The lowest BCUT2D eigenvalue weighted by Gasteiger charge is -2.08. The summed E-state index contributed by atoms with van der Waals surface area (Å²) in [6.45, 7) is 0. The smallest absolute Gasteiger partial charge is 0.276 e. The molecule has 32 heavy (non-hydrogen) atoms. The van der Waals surface area contributed by atoms with E-state index < -0.39 is 0 Å². The summed E-state index contributed by atoms with van der Waals surface area (Å²) >= 11 is 0. The van der Waals surface area contributed by atoms with Gasteiger partial charge < -0.3 is 5.32 Å². The van der Waals surface area contributed by atoms with Crippen LogP contribution in [0.5, 0.6) is 0 Å². The lowest BCUT2D eigenvalue weighted by molar-refractivity contribution is 0.102. The Labute approximate surface area is 186 Å². The lowest BCUT2D eigenvalue weighted by Crippen LogP contribution is -2.13. The Bertz CT molecular complexity index is 1330. The monoisotopic (exact) mass is 415 g/mol. The number of hydrogen-bond donors (Lipinski definition) is 1. The minimum atomic E-state index is -0.243. The van der Waals surface area contributed by atoms with Gasteiger partial charge in [-0.3, -0.25) is 4.79 Å². The van der Waals surface area contributed by atoms with Crippen LogP contribution in [0.3, 0.4) is 0 Å². The van der Waals surface area contributed by atoms with Gasteiger partial charge in [0.05, 0.1) is 11.4 Å². The number of para-hydroxylation sites is 2. The van der Waals surface area contributed by atoms with E-state index in [2.05, 4.69) is 46.8 Å². The Kier molecular flexibility index (Phi) is 5.33. The zero-order valence-corrected chi connectivity index (χ0v) is 17.3. The van der Waals surface area contributed by atoms with E-state index in [1.54, 1.807) is 0 Å². The molecule has 0 spiro atoms. The molecule has 4 aromatic carbocycles. The number of benzene rings is 4. The second kappa shape index (κ2) is 8.74. The van der Waals surface area contributed by atoms with Gasteiger partial charge in [0.2, 0.25) is 0 Å². The fourth-order valence-electron chi connectivity index (χ4n) is 3.64. The highest BCUT2D eigenvalue weighted by Crippen LogP contribution is 2.27. The Hall–Kier alpha value is -4.44. The number of carbonyl (C=O) groups is 1. The van der Waals surface area contributed by atoms with E-state index in [9.17, 15) is 4.79 Å². The molecule has 154 valence electrons. The third kappa shape index (κ3) is 4.07. The van der Waals surface area contributed by atoms with E-state index in [0.29, 0.717) is 5.69 Å². The van der Waals surface area contributed by atoms with Gasteiger partial charge in [0.15, 0.2) is 5.69 Å². The summed E-state index contributed by atoms with van der Waals surface area (Å²) in [6, 6.07) is 39.7. The molecule has 0 aliphatic rings. The highest BCUT2D eigenvalue weighted by Gasteiger charge is 2.17. The Balaban J connectivity index is 1.53. The number of rotatable bonds is 5. The molecule has 1 heterocycles. The van der Waals surface area contributed by atoms with Crippen LogP contribution in [0.15, 0.2) is 121 Å². The zero-order valence-electron chi connectivity index (χ0n) is 17.3. The average Bonchev–Trinajstić information content (AvgIpc) is 3.32. The zero-order chi connectivity index (χ0) is 21.8. The highest BCUT2D eigenvalue weighted by molar-refractivity contribution is 6.03. The summed E-state index contributed by atoms with van der Waals surface area (Å²) in [5.74, 6) is -0.243. The van der Waals surface area contributed by atoms with Crippen molar-refractivity contribution in [2.24, 2.45) is 0 Å². The van der Waals surface area contributed by atoms with E-state index in [1.165, 1.54) is 5.56 Å². The van der Waals surface area contributed by atoms with Crippen LogP contribution in [0.1, 0.15) is 10.5 Å². The second-order valence-corrected chi connectivity index (χ2v) is 7.43. The lowest BCUT2D eigenvalue weighted by atomic mass is 10.0. The Morgan fingerprint density at radius 1 is 0.625 bits per heavy atom. The van der Waals surface area contributed by atoms with Crippen LogP contribution in [0, 0.1) is 0 Å². The van der Waals surface area contributed by atoms with Crippen molar-refractivity contribution in [1.29, 1.82) is 0 Å². The van der Waals surface area contributed by atoms with Crippen molar-refractivity contribution in [2.45, 2.75) is 0 Å². The van der Waals surface area contributed by atoms with E-state index in [0.717, 1.165) is 28.2 Å². The summed E-state index contributed by atoms with van der Waals surface area (Å²) in [7, 11) is 0. The standard InChI is InChI=1S/C28H21N3O/c32-28(29-24-12-6-2-7-13-24)26-20-27(31(30-26)25-14-8-3-9-15-25)23-18-16-22(17-19-23)21-10-4-1-5-11-21/h1-20H,(H,29,32). The molecule has 0 aliphatic heterocycles. The molecule has 1 N–H and O–H groups in total. The number of nitrogens with one attached hydrogen (secondary N) is 1. The summed E-state index contributed by atoms with van der Waals surface area (Å²) in [4.78, 5) is 12.9. The van der Waals surface area contributed by atoms with Gasteiger partial charge in [0.25, 0.3) is 5.91 Å². The van der Waals surface area contributed by atoms with Gasteiger partial charge in [-0.2, -0.15) is 5.10 Å². The molecule has 1 aromatic heterocycles. The van der Waals surface area contributed by atoms with Crippen molar-refractivity contribution in [3.8, 4) is 28.1 Å². The number of anilines is 1. The maximum Gasteiger partial charge on any atom is 0.276 e. The number of aromatic nitrogens is 2. The van der Waals surface area contributed by atoms with Crippen molar-refractivity contribution in [1.82, 2.24) is 9.78 Å². The first-order chi connectivity index (χ1) is 15.8. The van der Waals surface area contributed by atoms with Crippen LogP contribution in [0.25, 0.3) is 28.1 Å². The van der Waals surface area contributed by atoms with Crippen molar-refractivity contribution in [2.75, 3.05) is 5.32 Å². The normalized spacial score (nSPS) is 10.6. The van der Waals surface area contributed by atoms with Crippen LogP contribution in [-0.2, 0) is 0 Å². The maximum absolute atomic E-state index is 12.9. The second-order valence-electron chi connectivity index (χ2n) is 7.43. The van der Waals surface area contributed by atoms with Crippen LogP contribution < -0.4 is 5.32 Å². The van der Waals surface area contributed by atoms with Gasteiger partial charge in [-0.25, -0.2) is 4.68 Å². The number of hydrogen-bond acceptors (Lipinski definition) is 2. The molecule has 0 saturated heterocycles. The Morgan fingerprint density at radius 3 is 1.81 bits per heavy atom. The predicted molar refractivity (Wildman–Crippen MR) is 129 cm³/mol. The molecule has 0 fully saturated rings. The molecule has 0 saturated carbocycles. The molecular weight excluding hydrogens is 394 g/mol. The first kappa shape index (κ1) is 19.5. The summed E-state index contributed by atoms with van der Waals surface area (Å²) < 4.78 is 1.82. The van der Waals surface area contributed by atoms with Gasteiger partial charge >= 0.3 is 0 Å². The third-order valence-electron chi connectivity index (χ3n) is 5.26. The molecule has 4 nitrogen and oxygen atoms in total. The van der Waals surface area contributed by atoms with Gasteiger partial charge in [-0.15, -0.1) is 0 Å². The number of carbonyl (C=O) groups excluding carboxylic acids is 1. The van der Waals surface area contributed by atoms with Gasteiger partial charge in [0, 0.05) is 11.3 Å². The first-order valence-electron chi connectivity index (χ1n) is 10.5. The van der Waals surface area contributed by atoms with E-state index in [1.807, 2.05) is 89.6 Å². The van der Waals surface area contributed by atoms with Crippen LogP contribution in [-0.4, -0.2) is 15.7 Å². The van der Waals surface area contributed by atoms with Crippen LogP contribution in [0.4, 0.5) is 5.69 Å². The molecule has 0 bridgehead atoms. The molecule has 0 radical (unpaired) electrons. The Morgan fingerprint density at radius 2 is 1.16 bits per heavy atom. The van der Waals surface area contributed by atoms with Crippen LogP contribution >= 0.6 is 0 Å². The van der Waals surface area contributed by atoms with Crippen molar-refractivity contribution in [3.63, 3.8) is 0 Å². The maximum atomic E-state index is 12.9. The number of nitrogens with zero attached hydrogens (tertiary/aromatic N) is 2. The predicted octanol–water partition coefficient (Wildman–Crippen LogP) is 6.46.